The van der Waals surface area contributed by atoms with Crippen LogP contribution in [0.2, 0.25) is 10.2 Å². The van der Waals surface area contributed by atoms with Gasteiger partial charge in [0.1, 0.15) is 5.15 Å². The smallest absolute Gasteiger partial charge is 0.389 e. The SMILES string of the molecule is CC(=O)OC(C)c1nc([N+](=O)[O-])c(Sc2cc(Cl)ncc2Cl)s1. The molecule has 0 spiro atoms. The summed E-state index contributed by atoms with van der Waals surface area (Å²) in [4.78, 5) is 29.9. The first-order valence-corrected chi connectivity index (χ1v) is 8.48. The molecule has 0 N–H and O–H groups in total. The minimum absolute atomic E-state index is 0.220. The van der Waals surface area contributed by atoms with Gasteiger partial charge in [-0.2, -0.15) is 0 Å². The molecule has 23 heavy (non-hydrogen) atoms. The number of carbonyl (C=O) groups excluding carboxylic acids is 1. The van der Waals surface area contributed by atoms with E-state index in [9.17, 15) is 14.9 Å². The Labute approximate surface area is 149 Å². The zero-order valence-corrected chi connectivity index (χ0v) is 14.9. The molecule has 2 heterocycles. The van der Waals surface area contributed by atoms with Crippen LogP contribution in [0.3, 0.4) is 0 Å². The Morgan fingerprint density at radius 2 is 2.22 bits per heavy atom. The number of nitrogens with zero attached hydrogens (tertiary/aromatic N) is 3. The molecule has 0 aliphatic carbocycles. The van der Waals surface area contributed by atoms with Crippen LogP contribution in [0.25, 0.3) is 0 Å². The molecule has 0 amide bonds. The number of nitro groups is 1. The van der Waals surface area contributed by atoms with Gasteiger partial charge in [-0.25, -0.2) is 4.98 Å². The minimum Gasteiger partial charge on any atom is -0.453 e. The van der Waals surface area contributed by atoms with E-state index < -0.39 is 17.0 Å². The van der Waals surface area contributed by atoms with Crippen molar-refractivity contribution in [3.8, 4) is 0 Å². The fourth-order valence-corrected chi connectivity index (χ4v) is 4.16. The van der Waals surface area contributed by atoms with Gasteiger partial charge >= 0.3 is 11.8 Å². The lowest BCUT2D eigenvalue weighted by molar-refractivity contribution is -0.391. The number of aromatic nitrogens is 2. The average Bonchev–Trinajstić information content (AvgIpc) is 2.86. The van der Waals surface area contributed by atoms with Crippen molar-refractivity contribution in [3.63, 3.8) is 0 Å². The van der Waals surface area contributed by atoms with E-state index in [1.54, 1.807) is 6.92 Å². The van der Waals surface area contributed by atoms with Crippen LogP contribution in [0.15, 0.2) is 21.4 Å². The van der Waals surface area contributed by atoms with Crippen molar-refractivity contribution in [2.75, 3.05) is 0 Å². The zero-order chi connectivity index (χ0) is 17.1. The standard InChI is InChI=1S/C12H9Cl2N3O4S2/c1-5(21-6(2)18)11-16-10(17(19)20)12(23-11)22-8-3-9(14)15-4-7(8)13/h3-5H,1-2H3. The van der Waals surface area contributed by atoms with Gasteiger partial charge in [0, 0.05) is 18.0 Å². The number of halogens is 2. The van der Waals surface area contributed by atoms with Crippen LogP contribution < -0.4 is 0 Å². The number of thiazole rings is 1. The number of hydrogen-bond donors (Lipinski definition) is 0. The number of ether oxygens (including phenoxy) is 1. The number of rotatable bonds is 5. The van der Waals surface area contributed by atoms with Gasteiger partial charge in [-0.05, 0) is 22.9 Å². The molecular weight excluding hydrogens is 385 g/mol. The highest BCUT2D eigenvalue weighted by molar-refractivity contribution is 8.01. The van der Waals surface area contributed by atoms with Gasteiger partial charge in [0.05, 0.1) is 5.02 Å². The Kier molecular flexibility index (Phi) is 5.79. The summed E-state index contributed by atoms with van der Waals surface area (Å²) in [6, 6.07) is 1.51. The summed E-state index contributed by atoms with van der Waals surface area (Å²) < 4.78 is 5.31. The molecule has 2 aromatic heterocycles. The Morgan fingerprint density at radius 3 is 2.83 bits per heavy atom. The Hall–Kier alpha value is -1.42. The number of hydrogen-bond acceptors (Lipinski definition) is 8. The zero-order valence-electron chi connectivity index (χ0n) is 11.8. The fraction of sp³-hybridized carbons (Fsp3) is 0.250. The van der Waals surface area contributed by atoms with Crippen LogP contribution in [0.5, 0.6) is 0 Å². The second kappa shape index (κ2) is 7.43. The quantitative estimate of drug-likeness (QED) is 0.318. The molecule has 0 aromatic carbocycles. The lowest BCUT2D eigenvalue weighted by Gasteiger charge is -2.04. The Balaban J connectivity index is 2.37. The van der Waals surface area contributed by atoms with Crippen LogP contribution >= 0.6 is 46.3 Å². The first-order valence-electron chi connectivity index (χ1n) is 6.09. The van der Waals surface area contributed by atoms with Gasteiger partial charge in [-0.1, -0.05) is 46.3 Å². The molecule has 0 aliphatic rings. The van der Waals surface area contributed by atoms with Crippen LogP contribution in [0.1, 0.15) is 25.0 Å². The lowest BCUT2D eigenvalue weighted by atomic mass is 10.4. The van der Waals surface area contributed by atoms with Gasteiger partial charge < -0.3 is 14.9 Å². The maximum absolute atomic E-state index is 11.2. The third-order valence-corrected chi connectivity index (χ3v) is 5.49. The van der Waals surface area contributed by atoms with Crippen LogP contribution in [-0.2, 0) is 9.53 Å². The molecule has 1 unspecified atom stereocenters. The summed E-state index contributed by atoms with van der Waals surface area (Å²) >= 11 is 13.9. The summed E-state index contributed by atoms with van der Waals surface area (Å²) in [6.07, 6.45) is 0.684. The van der Waals surface area contributed by atoms with Crippen molar-refractivity contribution in [3.05, 3.63) is 37.6 Å². The molecule has 0 fully saturated rings. The third-order valence-electron chi connectivity index (χ3n) is 2.45. The number of carbonyl (C=O) groups is 1. The van der Waals surface area contributed by atoms with Gasteiger partial charge in [-0.15, -0.1) is 0 Å². The first-order chi connectivity index (χ1) is 10.8. The highest BCUT2D eigenvalue weighted by Gasteiger charge is 2.28. The van der Waals surface area contributed by atoms with E-state index in [0.29, 0.717) is 19.1 Å². The fourth-order valence-electron chi connectivity index (χ4n) is 1.54. The summed E-state index contributed by atoms with van der Waals surface area (Å²) in [5, 5.41) is 12.0. The minimum atomic E-state index is -0.679. The predicted molar refractivity (Wildman–Crippen MR) is 87.3 cm³/mol. The van der Waals surface area contributed by atoms with Crippen LogP contribution in [-0.4, -0.2) is 20.9 Å². The van der Waals surface area contributed by atoms with E-state index in [1.807, 2.05) is 0 Å². The second-order valence-corrected chi connectivity index (χ2v) is 7.35. The molecule has 2 aromatic rings. The normalized spacial score (nSPS) is 12.0. The van der Waals surface area contributed by atoms with Crippen molar-refractivity contribution in [1.82, 2.24) is 9.97 Å². The first kappa shape index (κ1) is 17.9. The van der Waals surface area contributed by atoms with Crippen molar-refractivity contribution < 1.29 is 14.5 Å². The predicted octanol–water partition coefficient (Wildman–Crippen LogP) is 4.53. The summed E-state index contributed by atoms with van der Waals surface area (Å²) in [6.45, 7) is 2.85. The Morgan fingerprint density at radius 1 is 1.52 bits per heavy atom. The average molecular weight is 394 g/mol. The van der Waals surface area contributed by atoms with E-state index in [2.05, 4.69) is 9.97 Å². The molecule has 11 heteroatoms. The summed E-state index contributed by atoms with van der Waals surface area (Å²) in [7, 11) is 0. The molecule has 0 radical (unpaired) electrons. The third kappa shape index (κ3) is 4.54. The number of pyridine rings is 1. The van der Waals surface area contributed by atoms with Crippen molar-refractivity contribution in [1.29, 1.82) is 0 Å². The molecule has 0 saturated heterocycles. The molecule has 0 bridgehead atoms. The van der Waals surface area contributed by atoms with Crippen molar-refractivity contribution in [2.24, 2.45) is 0 Å². The second-order valence-electron chi connectivity index (χ2n) is 4.21. The van der Waals surface area contributed by atoms with E-state index in [-0.39, 0.29) is 11.0 Å². The van der Waals surface area contributed by atoms with E-state index in [4.69, 9.17) is 27.9 Å². The van der Waals surface area contributed by atoms with Gasteiger partial charge in [0.2, 0.25) is 5.01 Å². The van der Waals surface area contributed by atoms with Gasteiger partial charge in [-0.3, -0.25) is 4.79 Å². The van der Waals surface area contributed by atoms with Crippen molar-refractivity contribution >= 4 is 58.1 Å². The highest BCUT2D eigenvalue weighted by Crippen LogP contribution is 2.43. The molecular formula is C12H9Cl2N3O4S2. The van der Waals surface area contributed by atoms with Crippen LogP contribution in [0.4, 0.5) is 5.82 Å². The molecule has 0 saturated carbocycles. The highest BCUT2D eigenvalue weighted by atomic mass is 35.5. The Bertz CT molecular complexity index is 769. The topological polar surface area (TPSA) is 95.2 Å². The molecule has 122 valence electrons. The lowest BCUT2D eigenvalue weighted by Crippen LogP contribution is -2.04. The number of esters is 1. The molecule has 0 aliphatic heterocycles. The molecule has 7 nitrogen and oxygen atoms in total. The van der Waals surface area contributed by atoms with E-state index in [0.717, 1.165) is 23.1 Å². The van der Waals surface area contributed by atoms with E-state index >= 15 is 0 Å². The van der Waals surface area contributed by atoms with Gasteiger partial charge in [0.15, 0.2) is 10.3 Å². The van der Waals surface area contributed by atoms with E-state index in [1.165, 1.54) is 19.2 Å². The van der Waals surface area contributed by atoms with Crippen molar-refractivity contribution in [2.45, 2.75) is 29.1 Å². The molecule has 1 atom stereocenters. The maximum atomic E-state index is 11.2. The summed E-state index contributed by atoms with van der Waals surface area (Å²) in [5.41, 5.74) is 0. The van der Waals surface area contributed by atoms with Crippen LogP contribution in [0, 0.1) is 10.1 Å². The summed E-state index contributed by atoms with van der Waals surface area (Å²) in [5.74, 6) is -0.813. The largest absolute Gasteiger partial charge is 0.453 e. The molecule has 2 rings (SSSR count). The van der Waals surface area contributed by atoms with Gasteiger partial charge in [0.25, 0.3) is 0 Å². The maximum Gasteiger partial charge on any atom is 0.389 e. The monoisotopic (exact) mass is 393 g/mol.